The van der Waals surface area contributed by atoms with Crippen molar-refractivity contribution < 1.29 is 9.50 Å². The number of aromatic hydroxyl groups is 1. The van der Waals surface area contributed by atoms with Crippen LogP contribution >= 0.6 is 0 Å². The van der Waals surface area contributed by atoms with Gasteiger partial charge in [0.2, 0.25) is 0 Å². The third-order valence-corrected chi connectivity index (χ3v) is 3.77. The zero-order valence-corrected chi connectivity index (χ0v) is 11.5. The van der Waals surface area contributed by atoms with E-state index < -0.39 is 0 Å². The average molecular weight is 266 g/mol. The summed E-state index contributed by atoms with van der Waals surface area (Å²) in [5.74, 6) is -0.0644. The van der Waals surface area contributed by atoms with Crippen LogP contribution in [0.3, 0.4) is 0 Å². The monoisotopic (exact) mass is 266 g/mol. The number of rotatable bonds is 5. The van der Waals surface area contributed by atoms with E-state index in [2.05, 4.69) is 17.1 Å². The van der Waals surface area contributed by atoms with E-state index in [1.54, 1.807) is 0 Å². The number of nitrogens with zero attached hydrogens (tertiary/aromatic N) is 1. The second kappa shape index (κ2) is 6.87. The number of piperazine rings is 1. The number of phenols is 1. The van der Waals surface area contributed by atoms with Crippen LogP contribution in [0.4, 0.5) is 4.39 Å². The minimum atomic E-state index is -0.274. The highest BCUT2D eigenvalue weighted by atomic mass is 19.1. The number of nitrogens with one attached hydrogen (secondary N) is 1. The lowest BCUT2D eigenvalue weighted by Gasteiger charge is -2.35. The average Bonchev–Trinajstić information content (AvgIpc) is 2.44. The van der Waals surface area contributed by atoms with Gasteiger partial charge in [-0.3, -0.25) is 4.90 Å². The zero-order valence-electron chi connectivity index (χ0n) is 11.5. The Morgan fingerprint density at radius 3 is 2.79 bits per heavy atom. The number of hydrogen-bond donors (Lipinski definition) is 2. The van der Waals surface area contributed by atoms with Crippen LogP contribution in [0.5, 0.6) is 5.75 Å². The van der Waals surface area contributed by atoms with Gasteiger partial charge in [0.1, 0.15) is 11.6 Å². The molecule has 1 heterocycles. The lowest BCUT2D eigenvalue weighted by molar-refractivity contribution is 0.160. The molecule has 0 aromatic heterocycles. The van der Waals surface area contributed by atoms with Crippen molar-refractivity contribution in [3.8, 4) is 5.75 Å². The maximum absolute atomic E-state index is 13.5. The summed E-state index contributed by atoms with van der Waals surface area (Å²) in [7, 11) is 0. The van der Waals surface area contributed by atoms with Gasteiger partial charge in [-0.1, -0.05) is 19.8 Å². The first kappa shape index (κ1) is 14.3. The van der Waals surface area contributed by atoms with Gasteiger partial charge < -0.3 is 10.4 Å². The largest absolute Gasteiger partial charge is 0.508 e. The van der Waals surface area contributed by atoms with E-state index in [1.165, 1.54) is 18.2 Å². The SMILES string of the molecule is CCCC[C@H](c1cc(F)ccc1O)N1CCNCC1. The number of benzene rings is 1. The van der Waals surface area contributed by atoms with Gasteiger partial charge in [-0.2, -0.15) is 0 Å². The zero-order chi connectivity index (χ0) is 13.7. The predicted octanol–water partition coefficient (Wildman–Crippen LogP) is 2.67. The standard InChI is InChI=1S/C15H23FN2O/c1-2-3-4-14(18-9-7-17-8-10-18)13-11-12(16)5-6-15(13)19/h5-6,11,14,17,19H,2-4,7-10H2,1H3/t14-/m1/s1. The van der Waals surface area contributed by atoms with E-state index in [0.29, 0.717) is 0 Å². The maximum Gasteiger partial charge on any atom is 0.123 e. The molecule has 106 valence electrons. The molecule has 0 bridgehead atoms. The Bertz CT molecular complexity index is 405. The molecule has 0 spiro atoms. The van der Waals surface area contributed by atoms with Gasteiger partial charge in [-0.25, -0.2) is 4.39 Å². The summed E-state index contributed by atoms with van der Waals surface area (Å²) in [5, 5.41) is 13.4. The van der Waals surface area contributed by atoms with E-state index >= 15 is 0 Å². The molecule has 1 fully saturated rings. The minimum absolute atomic E-state index is 0.123. The second-order valence-corrected chi connectivity index (χ2v) is 5.15. The van der Waals surface area contributed by atoms with E-state index in [9.17, 15) is 9.50 Å². The molecule has 1 aliphatic rings. The van der Waals surface area contributed by atoms with Gasteiger partial charge in [0, 0.05) is 37.8 Å². The van der Waals surface area contributed by atoms with Crippen molar-refractivity contribution in [3.05, 3.63) is 29.6 Å². The van der Waals surface area contributed by atoms with Gasteiger partial charge >= 0.3 is 0 Å². The summed E-state index contributed by atoms with van der Waals surface area (Å²) in [5.41, 5.74) is 0.732. The fourth-order valence-electron chi connectivity index (χ4n) is 2.72. The Hall–Kier alpha value is -1.13. The summed E-state index contributed by atoms with van der Waals surface area (Å²) in [4.78, 5) is 2.35. The number of halogens is 1. The van der Waals surface area contributed by atoms with E-state index in [-0.39, 0.29) is 17.6 Å². The first-order valence-electron chi connectivity index (χ1n) is 7.15. The van der Waals surface area contributed by atoms with Crippen LogP contribution in [0.25, 0.3) is 0 Å². The number of unbranched alkanes of at least 4 members (excludes halogenated alkanes) is 1. The Labute approximate surface area is 114 Å². The molecule has 0 aliphatic carbocycles. The topological polar surface area (TPSA) is 35.5 Å². The summed E-state index contributed by atoms with van der Waals surface area (Å²) >= 11 is 0. The van der Waals surface area contributed by atoms with Crippen LogP contribution in [0.1, 0.15) is 37.8 Å². The first-order chi connectivity index (χ1) is 9.22. The van der Waals surface area contributed by atoms with Crippen LogP contribution in [-0.2, 0) is 0 Å². The molecule has 0 radical (unpaired) electrons. The van der Waals surface area contributed by atoms with Gasteiger partial charge in [0.25, 0.3) is 0 Å². The predicted molar refractivity (Wildman–Crippen MR) is 74.8 cm³/mol. The molecule has 3 nitrogen and oxygen atoms in total. The second-order valence-electron chi connectivity index (χ2n) is 5.15. The lowest BCUT2D eigenvalue weighted by Crippen LogP contribution is -2.45. The Morgan fingerprint density at radius 1 is 1.37 bits per heavy atom. The molecule has 2 N–H and O–H groups in total. The van der Waals surface area contributed by atoms with Gasteiger partial charge in [-0.05, 0) is 24.6 Å². The normalized spacial score (nSPS) is 18.4. The molecular formula is C15H23FN2O. The van der Waals surface area contributed by atoms with E-state index in [0.717, 1.165) is 51.0 Å². The molecule has 0 amide bonds. The lowest BCUT2D eigenvalue weighted by atomic mass is 9.97. The summed E-state index contributed by atoms with van der Waals surface area (Å²) < 4.78 is 13.5. The van der Waals surface area contributed by atoms with Crippen molar-refractivity contribution in [2.75, 3.05) is 26.2 Å². The molecule has 1 aromatic carbocycles. The summed E-state index contributed by atoms with van der Waals surface area (Å²) in [6, 6.07) is 4.38. The molecule has 1 aliphatic heterocycles. The van der Waals surface area contributed by atoms with E-state index in [1.807, 2.05) is 0 Å². The van der Waals surface area contributed by atoms with Gasteiger partial charge in [0.05, 0.1) is 0 Å². The smallest absolute Gasteiger partial charge is 0.123 e. The quantitative estimate of drug-likeness (QED) is 0.860. The van der Waals surface area contributed by atoms with Crippen molar-refractivity contribution in [1.29, 1.82) is 0 Å². The highest BCUT2D eigenvalue weighted by Gasteiger charge is 2.24. The van der Waals surface area contributed by atoms with Crippen molar-refractivity contribution >= 4 is 0 Å². The van der Waals surface area contributed by atoms with Crippen LogP contribution in [0.2, 0.25) is 0 Å². The van der Waals surface area contributed by atoms with Crippen molar-refractivity contribution in [2.24, 2.45) is 0 Å². The van der Waals surface area contributed by atoms with Crippen LogP contribution in [-0.4, -0.2) is 36.2 Å². The summed E-state index contributed by atoms with van der Waals surface area (Å²) in [6.07, 6.45) is 3.16. The Balaban J connectivity index is 2.22. The van der Waals surface area contributed by atoms with Crippen LogP contribution < -0.4 is 5.32 Å². The number of hydrogen-bond acceptors (Lipinski definition) is 3. The Kier molecular flexibility index (Phi) is 5.16. The highest BCUT2D eigenvalue weighted by molar-refractivity contribution is 5.35. The van der Waals surface area contributed by atoms with Crippen molar-refractivity contribution in [1.82, 2.24) is 10.2 Å². The molecule has 2 rings (SSSR count). The van der Waals surface area contributed by atoms with E-state index in [4.69, 9.17) is 0 Å². The molecule has 19 heavy (non-hydrogen) atoms. The van der Waals surface area contributed by atoms with Gasteiger partial charge in [-0.15, -0.1) is 0 Å². The molecule has 1 atom stereocenters. The fraction of sp³-hybridized carbons (Fsp3) is 0.600. The third-order valence-electron chi connectivity index (χ3n) is 3.77. The molecule has 0 saturated carbocycles. The molecular weight excluding hydrogens is 243 g/mol. The number of phenolic OH excluding ortho intramolecular Hbond substituents is 1. The van der Waals surface area contributed by atoms with Crippen molar-refractivity contribution in [3.63, 3.8) is 0 Å². The fourth-order valence-corrected chi connectivity index (χ4v) is 2.72. The van der Waals surface area contributed by atoms with Gasteiger partial charge in [0.15, 0.2) is 0 Å². The molecule has 1 saturated heterocycles. The maximum atomic E-state index is 13.5. The Morgan fingerprint density at radius 2 is 2.11 bits per heavy atom. The highest BCUT2D eigenvalue weighted by Crippen LogP contribution is 2.33. The van der Waals surface area contributed by atoms with Crippen LogP contribution in [0.15, 0.2) is 18.2 Å². The minimum Gasteiger partial charge on any atom is -0.508 e. The van der Waals surface area contributed by atoms with Crippen LogP contribution in [0, 0.1) is 5.82 Å². The molecule has 0 unspecified atom stereocenters. The summed E-state index contributed by atoms with van der Waals surface area (Å²) in [6.45, 7) is 5.96. The molecule has 4 heteroatoms. The molecule has 1 aromatic rings. The first-order valence-corrected chi connectivity index (χ1v) is 7.15. The van der Waals surface area contributed by atoms with Crippen molar-refractivity contribution in [2.45, 2.75) is 32.2 Å². The third kappa shape index (κ3) is 3.67.